The van der Waals surface area contributed by atoms with Gasteiger partial charge in [0.05, 0.1) is 0 Å². The molecule has 1 atom stereocenters. The van der Waals surface area contributed by atoms with E-state index in [1.807, 2.05) is 0 Å². The fraction of sp³-hybridized carbons (Fsp3) is 0. The van der Waals surface area contributed by atoms with Crippen LogP contribution in [0.2, 0.25) is 0 Å². The molecule has 0 heterocycles. The van der Waals surface area contributed by atoms with E-state index in [1.54, 1.807) is 0 Å². The van der Waals surface area contributed by atoms with Crippen LogP contribution in [0.15, 0.2) is 0 Å². The molecular formula is H7BKO3P. The van der Waals surface area contributed by atoms with E-state index in [0.717, 1.165) is 0 Å². The van der Waals surface area contributed by atoms with Crippen molar-refractivity contribution in [1.82, 2.24) is 0 Å². The van der Waals surface area contributed by atoms with Crippen molar-refractivity contribution in [3.63, 3.8) is 0 Å². The first-order chi connectivity index (χ1) is 1.41. The summed E-state index contributed by atoms with van der Waals surface area (Å²) >= 11 is 0. The Bertz CT molecular complexity index is 10.8. The predicted molar refractivity (Wildman–Crippen MR) is 24.1 cm³/mol. The Morgan fingerprint density at radius 1 is 1.50 bits per heavy atom. The average Bonchev–Trinajstić information content (AvgIpc) is 0.918. The predicted octanol–water partition coefficient (Wildman–Crippen LogP) is -6.16. The van der Waals surface area contributed by atoms with Crippen LogP contribution in [0.25, 0.3) is 0 Å². The van der Waals surface area contributed by atoms with Gasteiger partial charge in [0.15, 0.2) is 7.69 Å². The van der Waals surface area contributed by atoms with Crippen LogP contribution < -0.4 is 56.4 Å². The molecule has 0 aliphatic rings. The van der Waals surface area contributed by atoms with E-state index >= 15 is 0 Å². The number of rotatable bonds is 0. The van der Waals surface area contributed by atoms with E-state index in [4.69, 9.17) is 10.0 Å². The van der Waals surface area contributed by atoms with Crippen molar-refractivity contribution in [1.29, 1.82) is 0 Å². The standard InChI is InChI=1S/BH2O2.K.H2O.H3P/c2-1-3;;;/h1-2H;;1H2;1H3/q-1;+1;;. The molecule has 0 aromatic carbocycles. The molecule has 6 heteroatoms. The SMILES string of the molecule is O.P.[K+].[O-]BO. The third-order valence-corrected chi connectivity index (χ3v) is 0. The van der Waals surface area contributed by atoms with Crippen LogP contribution in [0, 0.1) is 0 Å². The molecule has 34 valence electrons. The minimum Gasteiger partial charge on any atom is -0.859 e. The van der Waals surface area contributed by atoms with Crippen LogP contribution in [0.1, 0.15) is 0 Å². The third-order valence-electron chi connectivity index (χ3n) is 0. The van der Waals surface area contributed by atoms with Gasteiger partial charge in [-0.05, 0) is 0 Å². The molecule has 0 aromatic heterocycles. The molecule has 6 heavy (non-hydrogen) atoms. The maximum Gasteiger partial charge on any atom is 1.00 e. The van der Waals surface area contributed by atoms with Gasteiger partial charge in [0.2, 0.25) is 0 Å². The van der Waals surface area contributed by atoms with Crippen molar-refractivity contribution in [3.8, 4) is 0 Å². The molecule has 0 saturated carbocycles. The molecule has 0 rings (SSSR count). The fourth-order valence-corrected chi connectivity index (χ4v) is 0. The Morgan fingerprint density at radius 2 is 1.50 bits per heavy atom. The monoisotopic (exact) mass is 136 g/mol. The molecule has 0 aromatic rings. The van der Waals surface area contributed by atoms with Crippen molar-refractivity contribution >= 4 is 17.6 Å². The second-order valence-corrected chi connectivity index (χ2v) is 0.129. The molecule has 0 spiro atoms. The first-order valence-corrected chi connectivity index (χ1v) is 0.605. The van der Waals surface area contributed by atoms with Crippen LogP contribution in [-0.2, 0) is 0 Å². The van der Waals surface area contributed by atoms with Gasteiger partial charge in [-0.2, -0.15) is 9.90 Å². The van der Waals surface area contributed by atoms with Crippen molar-refractivity contribution in [2.24, 2.45) is 0 Å². The summed E-state index contributed by atoms with van der Waals surface area (Å²) in [5, 5.41) is 15.5. The van der Waals surface area contributed by atoms with Gasteiger partial charge in [0, 0.05) is 0 Å². The first-order valence-electron chi connectivity index (χ1n) is 0.605. The zero-order valence-electron chi connectivity index (χ0n) is 3.77. The molecule has 0 saturated heterocycles. The molecule has 0 bridgehead atoms. The Balaban J connectivity index is -0.00000000667. The quantitative estimate of drug-likeness (QED) is 0.265. The molecule has 3 N–H and O–H groups in total. The zero-order chi connectivity index (χ0) is 2.71. The topological polar surface area (TPSA) is 74.8 Å². The summed E-state index contributed by atoms with van der Waals surface area (Å²) in [6, 6.07) is 0. The summed E-state index contributed by atoms with van der Waals surface area (Å²) in [6.07, 6.45) is 0. The van der Waals surface area contributed by atoms with Crippen LogP contribution in [0.3, 0.4) is 0 Å². The molecule has 1 unspecified atom stereocenters. The van der Waals surface area contributed by atoms with Gasteiger partial charge in [-0.15, -0.1) is 0 Å². The van der Waals surface area contributed by atoms with E-state index in [-0.39, 0.29) is 66.8 Å². The average molecular weight is 136 g/mol. The van der Waals surface area contributed by atoms with E-state index in [9.17, 15) is 0 Å². The molecule has 0 aliphatic carbocycles. The summed E-state index contributed by atoms with van der Waals surface area (Å²) in [7, 11) is -1.00. The van der Waals surface area contributed by atoms with Crippen LogP contribution in [0.5, 0.6) is 0 Å². The van der Waals surface area contributed by atoms with Crippen LogP contribution >= 0.6 is 9.90 Å². The molecular weight excluding hydrogens is 129 g/mol. The van der Waals surface area contributed by atoms with Gasteiger partial charge in [-0.3, -0.25) is 0 Å². The molecule has 0 fully saturated rings. The summed E-state index contributed by atoms with van der Waals surface area (Å²) in [4.78, 5) is 0. The minimum atomic E-state index is -1.00. The fourth-order valence-electron chi connectivity index (χ4n) is 0. The van der Waals surface area contributed by atoms with E-state index in [2.05, 4.69) is 0 Å². The second-order valence-electron chi connectivity index (χ2n) is 0.129. The maximum atomic E-state index is 8.49. The van der Waals surface area contributed by atoms with Gasteiger partial charge in [-0.1, -0.05) is 0 Å². The summed E-state index contributed by atoms with van der Waals surface area (Å²) in [5.41, 5.74) is 0. The van der Waals surface area contributed by atoms with Crippen molar-refractivity contribution in [2.75, 3.05) is 0 Å². The molecule has 0 aliphatic heterocycles. The number of hydrogen-bond acceptors (Lipinski definition) is 2. The zero-order valence-corrected chi connectivity index (χ0v) is 8.31. The van der Waals surface area contributed by atoms with Crippen LogP contribution in [0.4, 0.5) is 0 Å². The van der Waals surface area contributed by atoms with Crippen molar-refractivity contribution < 1.29 is 66.9 Å². The first kappa shape index (κ1) is 24.5. The smallest absolute Gasteiger partial charge is 0.859 e. The third kappa shape index (κ3) is 37.3. The van der Waals surface area contributed by atoms with Gasteiger partial charge in [0.1, 0.15) is 0 Å². The largest absolute Gasteiger partial charge is 1.00 e. The van der Waals surface area contributed by atoms with Gasteiger partial charge in [-0.25, -0.2) is 0 Å². The molecule has 0 amide bonds. The van der Waals surface area contributed by atoms with E-state index < -0.39 is 7.69 Å². The Labute approximate surface area is 83.2 Å². The maximum absolute atomic E-state index is 8.49. The summed E-state index contributed by atoms with van der Waals surface area (Å²) < 4.78 is 0. The van der Waals surface area contributed by atoms with E-state index in [0.29, 0.717) is 0 Å². The molecule has 0 radical (unpaired) electrons. The Morgan fingerprint density at radius 3 is 1.50 bits per heavy atom. The Kier molecular flexibility index (Phi) is 114. The normalized spacial score (nSPS) is 2.33. The number of hydrogen-bond donors (Lipinski definition) is 1. The van der Waals surface area contributed by atoms with Gasteiger partial charge in [0.25, 0.3) is 0 Å². The Hall–Kier alpha value is 2.01. The van der Waals surface area contributed by atoms with Crippen molar-refractivity contribution in [2.45, 2.75) is 0 Å². The minimum absolute atomic E-state index is 0. The second kappa shape index (κ2) is 27.9. The van der Waals surface area contributed by atoms with Crippen LogP contribution in [-0.4, -0.2) is 18.2 Å². The van der Waals surface area contributed by atoms with E-state index in [1.165, 1.54) is 0 Å². The van der Waals surface area contributed by atoms with Crippen molar-refractivity contribution in [3.05, 3.63) is 0 Å². The summed E-state index contributed by atoms with van der Waals surface area (Å²) in [5.74, 6) is 0. The van der Waals surface area contributed by atoms with Gasteiger partial charge < -0.3 is 15.5 Å². The molecule has 3 nitrogen and oxygen atoms in total. The van der Waals surface area contributed by atoms with Gasteiger partial charge >= 0.3 is 51.4 Å². The summed E-state index contributed by atoms with van der Waals surface area (Å²) in [6.45, 7) is 0.